The number of anilines is 1. The van der Waals surface area contributed by atoms with Crippen molar-refractivity contribution >= 4 is 30.6 Å². The van der Waals surface area contributed by atoms with Crippen LogP contribution in [0.4, 0.5) is 5.69 Å². The highest BCUT2D eigenvalue weighted by Crippen LogP contribution is 2.37. The third-order valence-corrected chi connectivity index (χ3v) is 8.71. The fraction of sp³-hybridized carbons (Fsp3) is 0.419. The molecule has 4 aliphatic rings. The second-order valence-electron chi connectivity index (χ2n) is 11.6. The van der Waals surface area contributed by atoms with Gasteiger partial charge in [0.15, 0.2) is 0 Å². The first-order valence-corrected chi connectivity index (χ1v) is 14.8. The number of rotatable bonds is 5. The molecule has 9 heteroatoms. The summed E-state index contributed by atoms with van der Waals surface area (Å²) in [6.07, 6.45) is 18.0. The number of amides is 1. The van der Waals surface area contributed by atoms with Gasteiger partial charge in [-0.2, -0.15) is 0 Å². The largest absolute Gasteiger partial charge is 0.553 e. The lowest BCUT2D eigenvalue weighted by Gasteiger charge is -2.27. The van der Waals surface area contributed by atoms with Gasteiger partial charge in [-0.05, 0) is 67.5 Å². The zero-order valence-corrected chi connectivity index (χ0v) is 23.2. The van der Waals surface area contributed by atoms with Crippen molar-refractivity contribution < 1.29 is 9.37 Å². The smallest absolute Gasteiger partial charge is 0.329 e. The Labute approximate surface area is 236 Å². The van der Waals surface area contributed by atoms with Crippen LogP contribution >= 0.6 is 0 Å². The van der Waals surface area contributed by atoms with Gasteiger partial charge in [0.05, 0.1) is 25.0 Å². The number of piperidine rings is 1. The van der Waals surface area contributed by atoms with Gasteiger partial charge in [0.1, 0.15) is 11.5 Å². The standard InChI is InChI=1S/C31H35BN7O/c1-22(40)33-25-12-10-24(11-13-25)31-27-14-16-29(36-18-6-3-7-19-36)38(27)32-39-28(31)15-17-30(39)37-21-26(34-35-37)20-23-8-4-2-5-9-23/h10-17,21,23H,2-9,18-20H2,1H3/p+1. The Bertz CT molecular complexity index is 1510. The number of carbonyl (C=O) groups is 1. The van der Waals surface area contributed by atoms with Crippen LogP contribution in [-0.4, -0.2) is 61.2 Å². The van der Waals surface area contributed by atoms with Crippen LogP contribution in [-0.2, 0) is 11.2 Å². The van der Waals surface area contributed by atoms with E-state index in [1.54, 1.807) is 0 Å². The SMILES string of the molecule is CC(=O)Nc1ccc(C2=C3C=CC(=[N+]4CCCCC4)N3[B]n3c2ccc3-n2cc(CC3CCCCC3)nn2)cc1. The summed E-state index contributed by atoms with van der Waals surface area (Å²) in [7, 11) is 2.21. The van der Waals surface area contributed by atoms with E-state index >= 15 is 0 Å². The minimum atomic E-state index is -0.0677. The number of amidine groups is 1. The quantitative estimate of drug-likeness (QED) is 0.379. The molecule has 1 aliphatic carbocycles. The zero-order chi connectivity index (χ0) is 27.1. The fourth-order valence-corrected chi connectivity index (χ4v) is 6.75. The van der Waals surface area contributed by atoms with Gasteiger partial charge in [0.2, 0.25) is 5.91 Å². The van der Waals surface area contributed by atoms with Crippen LogP contribution in [0.2, 0.25) is 0 Å². The van der Waals surface area contributed by atoms with Crippen molar-refractivity contribution in [2.24, 2.45) is 5.92 Å². The van der Waals surface area contributed by atoms with Crippen LogP contribution in [0.25, 0.3) is 11.4 Å². The van der Waals surface area contributed by atoms with Crippen molar-refractivity contribution in [3.05, 3.63) is 77.4 Å². The van der Waals surface area contributed by atoms with E-state index < -0.39 is 0 Å². The van der Waals surface area contributed by atoms with E-state index in [9.17, 15) is 4.79 Å². The number of fused-ring (bicyclic) bond motifs is 2. The molecule has 7 rings (SSSR count). The van der Waals surface area contributed by atoms with E-state index in [1.807, 2.05) is 16.8 Å². The van der Waals surface area contributed by atoms with Gasteiger partial charge in [-0.1, -0.05) is 49.5 Å². The maximum Gasteiger partial charge on any atom is 0.553 e. The Morgan fingerprint density at radius 2 is 1.77 bits per heavy atom. The maximum absolute atomic E-state index is 11.6. The average Bonchev–Trinajstić information content (AvgIpc) is 3.72. The molecular weight excluding hydrogens is 497 g/mol. The van der Waals surface area contributed by atoms with Crippen LogP contribution < -0.4 is 5.32 Å². The number of aromatic nitrogens is 4. The lowest BCUT2D eigenvalue weighted by Crippen LogP contribution is -2.43. The van der Waals surface area contributed by atoms with Crippen LogP contribution in [0.5, 0.6) is 0 Å². The van der Waals surface area contributed by atoms with Gasteiger partial charge in [-0.15, -0.1) is 5.10 Å². The van der Waals surface area contributed by atoms with E-state index in [4.69, 9.17) is 0 Å². The van der Waals surface area contributed by atoms with Crippen molar-refractivity contribution in [1.29, 1.82) is 0 Å². The molecule has 1 aromatic carbocycles. The van der Waals surface area contributed by atoms with Gasteiger partial charge in [0.25, 0.3) is 5.84 Å². The molecule has 0 unspecified atom stereocenters. The molecule has 5 heterocycles. The lowest BCUT2D eigenvalue weighted by molar-refractivity contribution is -0.539. The van der Waals surface area contributed by atoms with Crippen LogP contribution in [0.15, 0.2) is 60.4 Å². The van der Waals surface area contributed by atoms with Crippen molar-refractivity contribution in [3.63, 3.8) is 0 Å². The normalized spacial score (nSPS) is 19.1. The van der Waals surface area contributed by atoms with Crippen LogP contribution in [0.1, 0.15) is 75.2 Å². The summed E-state index contributed by atoms with van der Waals surface area (Å²) < 4.78 is 6.69. The van der Waals surface area contributed by atoms with Crippen LogP contribution in [0.3, 0.4) is 0 Å². The molecule has 2 fully saturated rings. The van der Waals surface area contributed by atoms with Crippen LogP contribution in [0, 0.1) is 5.92 Å². The third kappa shape index (κ3) is 4.71. The zero-order valence-electron chi connectivity index (χ0n) is 23.2. The Morgan fingerprint density at radius 3 is 2.55 bits per heavy atom. The molecule has 1 N–H and O–H groups in total. The van der Waals surface area contributed by atoms with Crippen molar-refractivity contribution in [1.82, 2.24) is 24.3 Å². The van der Waals surface area contributed by atoms with E-state index in [0.29, 0.717) is 0 Å². The summed E-state index contributed by atoms with van der Waals surface area (Å²) in [6, 6.07) is 12.5. The molecule has 3 aliphatic heterocycles. The molecule has 1 radical (unpaired) electrons. The molecule has 0 spiro atoms. The van der Waals surface area contributed by atoms with Gasteiger partial charge in [-0.3, -0.25) is 14.2 Å². The van der Waals surface area contributed by atoms with E-state index in [1.165, 1.54) is 69.8 Å². The second kappa shape index (κ2) is 10.6. The first-order valence-electron chi connectivity index (χ1n) is 14.8. The van der Waals surface area contributed by atoms with Crippen molar-refractivity contribution in [3.8, 4) is 5.82 Å². The molecular formula is C31H36BN7O+. The van der Waals surface area contributed by atoms with Gasteiger partial charge in [-0.25, -0.2) is 4.68 Å². The van der Waals surface area contributed by atoms with Gasteiger partial charge >= 0.3 is 7.55 Å². The predicted molar refractivity (Wildman–Crippen MR) is 157 cm³/mol. The Kier molecular flexibility index (Phi) is 6.65. The van der Waals surface area contributed by atoms with Gasteiger partial charge < -0.3 is 9.79 Å². The monoisotopic (exact) mass is 533 g/mol. The Balaban J connectivity index is 1.27. The number of nitrogens with zero attached hydrogens (tertiary/aromatic N) is 6. The number of benzene rings is 1. The molecule has 1 saturated carbocycles. The molecule has 2 aromatic heterocycles. The highest BCUT2D eigenvalue weighted by Gasteiger charge is 2.40. The number of hydrogen-bond donors (Lipinski definition) is 1. The summed E-state index contributed by atoms with van der Waals surface area (Å²) in [5.74, 6) is 2.86. The molecule has 0 atom stereocenters. The number of carbonyl (C=O) groups excluding carboxylic acids is 1. The molecule has 203 valence electrons. The summed E-state index contributed by atoms with van der Waals surface area (Å²) in [5.41, 5.74) is 6.42. The summed E-state index contributed by atoms with van der Waals surface area (Å²) in [4.78, 5) is 13.9. The average molecular weight is 533 g/mol. The lowest BCUT2D eigenvalue weighted by atomic mass is 9.86. The molecule has 8 nitrogen and oxygen atoms in total. The maximum atomic E-state index is 11.6. The van der Waals surface area contributed by atoms with E-state index in [2.05, 4.69) is 79.7 Å². The molecule has 0 bridgehead atoms. The van der Waals surface area contributed by atoms with E-state index in [0.717, 1.165) is 59.5 Å². The first-order chi connectivity index (χ1) is 19.6. The minimum Gasteiger partial charge on any atom is -0.329 e. The summed E-state index contributed by atoms with van der Waals surface area (Å²) >= 11 is 0. The molecule has 3 aromatic rings. The number of hydrogen-bond acceptors (Lipinski definition) is 3. The van der Waals surface area contributed by atoms with Gasteiger partial charge in [0, 0.05) is 30.0 Å². The fourth-order valence-electron chi connectivity index (χ4n) is 6.75. The van der Waals surface area contributed by atoms with Crippen molar-refractivity contribution in [2.45, 2.75) is 64.7 Å². The highest BCUT2D eigenvalue weighted by atomic mass is 16.1. The summed E-state index contributed by atoms with van der Waals surface area (Å²) in [6.45, 7) is 3.70. The minimum absolute atomic E-state index is 0.0677. The third-order valence-electron chi connectivity index (χ3n) is 8.71. The Hall–Kier alpha value is -3.88. The predicted octanol–water partition coefficient (Wildman–Crippen LogP) is 4.77. The highest BCUT2D eigenvalue weighted by molar-refractivity contribution is 6.40. The number of allylic oxidation sites excluding steroid dienone is 1. The summed E-state index contributed by atoms with van der Waals surface area (Å²) in [5, 5.41) is 12.0. The topological polar surface area (TPSA) is 71.0 Å². The molecule has 1 amide bonds. The second-order valence-corrected chi connectivity index (χ2v) is 11.6. The first kappa shape index (κ1) is 25.1. The number of nitrogens with one attached hydrogen (secondary N) is 1. The van der Waals surface area contributed by atoms with E-state index in [-0.39, 0.29) is 5.91 Å². The Morgan fingerprint density at radius 1 is 1.00 bits per heavy atom. The van der Waals surface area contributed by atoms with Crippen molar-refractivity contribution in [2.75, 3.05) is 18.4 Å². The molecule has 1 saturated heterocycles. The molecule has 40 heavy (non-hydrogen) atoms.